The molecule has 0 saturated heterocycles. The number of carbonyl (C=O) groups is 1. The van der Waals surface area contributed by atoms with Crippen molar-refractivity contribution in [3.8, 4) is 22.3 Å². The quantitative estimate of drug-likeness (QED) is 0.198. The van der Waals surface area contributed by atoms with Crippen molar-refractivity contribution in [1.82, 2.24) is 8.97 Å². The van der Waals surface area contributed by atoms with Crippen LogP contribution in [0.1, 0.15) is 39.8 Å². The van der Waals surface area contributed by atoms with Gasteiger partial charge in [0, 0.05) is 51.5 Å². The SMILES string of the molecule is CCn1c(C)c(C2(c3c(-c4ccc(-c5ccccc5)cc4)cc4ccccn34)OC(=O)c3ccccc32)c2ccccc21. The molecule has 4 heterocycles. The van der Waals surface area contributed by atoms with E-state index in [0.29, 0.717) is 5.56 Å². The molecule has 1 atom stereocenters. The molecule has 208 valence electrons. The molecule has 0 radical (unpaired) electrons. The Labute approximate surface area is 250 Å². The molecule has 1 unspecified atom stereocenters. The van der Waals surface area contributed by atoms with Crippen molar-refractivity contribution in [2.24, 2.45) is 0 Å². The first-order valence-corrected chi connectivity index (χ1v) is 14.8. The van der Waals surface area contributed by atoms with Crippen molar-refractivity contribution < 1.29 is 9.53 Å². The molecular weight excluding hydrogens is 528 g/mol. The number of hydrogen-bond donors (Lipinski definition) is 0. The number of hydrogen-bond acceptors (Lipinski definition) is 2. The minimum absolute atomic E-state index is 0.306. The molecule has 0 spiro atoms. The molecule has 1 aliphatic rings. The highest BCUT2D eigenvalue weighted by Crippen LogP contribution is 2.53. The minimum Gasteiger partial charge on any atom is -0.439 e. The van der Waals surface area contributed by atoms with Crippen molar-refractivity contribution in [3.05, 3.63) is 162 Å². The van der Waals surface area contributed by atoms with Gasteiger partial charge in [-0.05, 0) is 60.9 Å². The fourth-order valence-corrected chi connectivity index (χ4v) is 7.16. The number of fused-ring (bicyclic) bond motifs is 3. The van der Waals surface area contributed by atoms with Gasteiger partial charge in [0.05, 0.1) is 11.3 Å². The Kier molecular flexibility index (Phi) is 5.66. The highest BCUT2D eigenvalue weighted by Gasteiger charge is 2.53. The van der Waals surface area contributed by atoms with Crippen LogP contribution in [0.5, 0.6) is 0 Å². The zero-order valence-corrected chi connectivity index (χ0v) is 24.1. The van der Waals surface area contributed by atoms with Gasteiger partial charge in [0.25, 0.3) is 0 Å². The van der Waals surface area contributed by atoms with E-state index in [9.17, 15) is 4.79 Å². The summed E-state index contributed by atoms with van der Waals surface area (Å²) in [6.45, 7) is 5.12. The van der Waals surface area contributed by atoms with Gasteiger partial charge in [0.15, 0.2) is 0 Å². The van der Waals surface area contributed by atoms with Gasteiger partial charge >= 0.3 is 5.97 Å². The fourth-order valence-electron chi connectivity index (χ4n) is 7.16. The summed E-state index contributed by atoms with van der Waals surface area (Å²) in [5.74, 6) is -0.306. The third-order valence-corrected chi connectivity index (χ3v) is 8.99. The Morgan fingerprint density at radius 3 is 2.19 bits per heavy atom. The average molecular weight is 559 g/mol. The molecule has 4 heteroatoms. The van der Waals surface area contributed by atoms with Crippen molar-refractivity contribution in [2.45, 2.75) is 26.0 Å². The summed E-state index contributed by atoms with van der Waals surface area (Å²) in [6, 6.07) is 43.9. The summed E-state index contributed by atoms with van der Waals surface area (Å²) < 4.78 is 11.3. The van der Waals surface area contributed by atoms with Gasteiger partial charge in [0.2, 0.25) is 5.60 Å². The highest BCUT2D eigenvalue weighted by atomic mass is 16.6. The molecule has 4 nitrogen and oxygen atoms in total. The summed E-state index contributed by atoms with van der Waals surface area (Å²) in [4.78, 5) is 13.8. The number of benzene rings is 4. The minimum atomic E-state index is -1.17. The molecule has 0 bridgehead atoms. The van der Waals surface area contributed by atoms with Crippen LogP contribution in [0.25, 0.3) is 38.7 Å². The molecule has 3 aromatic heterocycles. The molecule has 43 heavy (non-hydrogen) atoms. The highest BCUT2D eigenvalue weighted by molar-refractivity contribution is 5.99. The van der Waals surface area contributed by atoms with Crippen LogP contribution < -0.4 is 0 Å². The Morgan fingerprint density at radius 2 is 1.37 bits per heavy atom. The zero-order valence-electron chi connectivity index (χ0n) is 24.1. The molecule has 0 aliphatic carbocycles. The van der Waals surface area contributed by atoms with Gasteiger partial charge < -0.3 is 13.7 Å². The van der Waals surface area contributed by atoms with Crippen LogP contribution in [0.3, 0.4) is 0 Å². The van der Waals surface area contributed by atoms with E-state index in [1.165, 1.54) is 5.56 Å². The lowest BCUT2D eigenvalue weighted by Crippen LogP contribution is -2.32. The summed E-state index contributed by atoms with van der Waals surface area (Å²) in [7, 11) is 0. The topological polar surface area (TPSA) is 35.6 Å². The van der Waals surface area contributed by atoms with Gasteiger partial charge in [-0.3, -0.25) is 0 Å². The molecule has 0 amide bonds. The van der Waals surface area contributed by atoms with Crippen LogP contribution in [0, 0.1) is 6.92 Å². The third-order valence-electron chi connectivity index (χ3n) is 8.99. The number of cyclic esters (lactones) is 1. The van der Waals surface area contributed by atoms with Crippen LogP contribution >= 0.6 is 0 Å². The van der Waals surface area contributed by atoms with Crippen LogP contribution in [-0.4, -0.2) is 14.9 Å². The fraction of sp³-hybridized carbons (Fsp3) is 0.103. The Morgan fingerprint density at radius 1 is 0.698 bits per heavy atom. The number of esters is 1. The number of rotatable bonds is 5. The number of pyridine rings is 1. The molecule has 4 aromatic carbocycles. The first kappa shape index (κ1) is 25.4. The normalized spacial score (nSPS) is 16.1. The molecule has 0 saturated carbocycles. The van der Waals surface area contributed by atoms with Crippen molar-refractivity contribution in [3.63, 3.8) is 0 Å². The van der Waals surface area contributed by atoms with Crippen molar-refractivity contribution >= 4 is 22.4 Å². The smallest absolute Gasteiger partial charge is 0.340 e. The maximum atomic E-state index is 13.8. The summed E-state index contributed by atoms with van der Waals surface area (Å²) in [6.07, 6.45) is 2.08. The van der Waals surface area contributed by atoms with E-state index in [0.717, 1.165) is 62.2 Å². The molecular formula is C39H30N2O2. The number of carbonyl (C=O) groups excluding carboxylic acids is 1. The molecule has 7 aromatic rings. The molecule has 8 rings (SSSR count). The first-order valence-electron chi connectivity index (χ1n) is 14.8. The van der Waals surface area contributed by atoms with E-state index in [4.69, 9.17) is 4.74 Å². The molecule has 0 N–H and O–H groups in total. The van der Waals surface area contributed by atoms with E-state index < -0.39 is 5.60 Å². The lowest BCUT2D eigenvalue weighted by molar-refractivity contribution is 0.0241. The summed E-state index contributed by atoms with van der Waals surface area (Å²) in [5, 5.41) is 1.09. The van der Waals surface area contributed by atoms with E-state index in [-0.39, 0.29) is 5.97 Å². The number of ether oxygens (including phenoxy) is 1. The van der Waals surface area contributed by atoms with Gasteiger partial charge in [-0.15, -0.1) is 0 Å². The first-order chi connectivity index (χ1) is 21.1. The van der Waals surface area contributed by atoms with Gasteiger partial charge in [-0.2, -0.15) is 0 Å². The number of para-hydroxylation sites is 1. The number of aryl methyl sites for hydroxylation is 1. The number of nitrogens with zero attached hydrogens (tertiary/aromatic N) is 2. The van der Waals surface area contributed by atoms with Crippen LogP contribution in [0.15, 0.2) is 134 Å². The van der Waals surface area contributed by atoms with Crippen molar-refractivity contribution in [2.75, 3.05) is 0 Å². The second-order valence-corrected chi connectivity index (χ2v) is 11.2. The molecule has 0 fully saturated rings. The van der Waals surface area contributed by atoms with Gasteiger partial charge in [-0.25, -0.2) is 4.79 Å². The van der Waals surface area contributed by atoms with Crippen LogP contribution in [0.4, 0.5) is 0 Å². The lowest BCUT2D eigenvalue weighted by Gasteiger charge is -2.32. The number of aromatic nitrogens is 2. The maximum absolute atomic E-state index is 13.8. The van der Waals surface area contributed by atoms with Crippen LogP contribution in [-0.2, 0) is 16.9 Å². The van der Waals surface area contributed by atoms with E-state index >= 15 is 0 Å². The van der Waals surface area contributed by atoms with E-state index in [2.05, 4.69) is 126 Å². The monoisotopic (exact) mass is 558 g/mol. The Bertz CT molecular complexity index is 2170. The summed E-state index contributed by atoms with van der Waals surface area (Å²) >= 11 is 0. The van der Waals surface area contributed by atoms with Crippen molar-refractivity contribution in [1.29, 1.82) is 0 Å². The van der Waals surface area contributed by atoms with Gasteiger partial charge in [0.1, 0.15) is 0 Å². The van der Waals surface area contributed by atoms with E-state index in [1.807, 2.05) is 30.3 Å². The second kappa shape index (κ2) is 9.60. The zero-order chi connectivity index (χ0) is 29.1. The third kappa shape index (κ3) is 3.59. The van der Waals surface area contributed by atoms with Crippen LogP contribution in [0.2, 0.25) is 0 Å². The Balaban J connectivity index is 1.49. The molecule has 1 aliphatic heterocycles. The van der Waals surface area contributed by atoms with E-state index in [1.54, 1.807) is 0 Å². The maximum Gasteiger partial charge on any atom is 0.340 e. The predicted molar refractivity (Wildman–Crippen MR) is 172 cm³/mol. The standard InChI is InChI=1S/C39H30N2O2/c1-3-40-26(2)36(32-17-8-10-19-35(32)40)39(34-18-9-7-16-31(34)38(42)43-39)37-33(25-30-15-11-12-24-41(30)37)29-22-20-28(21-23-29)27-13-5-4-6-14-27/h4-25H,3H2,1-2H3. The lowest BCUT2D eigenvalue weighted by atomic mass is 9.79. The summed E-state index contributed by atoms with van der Waals surface area (Å²) in [5.41, 5.74) is 9.92. The van der Waals surface area contributed by atoms with Gasteiger partial charge in [-0.1, -0.05) is 97.1 Å². The largest absolute Gasteiger partial charge is 0.439 e. The second-order valence-electron chi connectivity index (χ2n) is 11.2. The average Bonchev–Trinajstić information content (AvgIpc) is 3.69. The predicted octanol–water partition coefficient (Wildman–Crippen LogP) is 9.02. The Hall–Kier alpha value is -5.35.